The van der Waals surface area contributed by atoms with Crippen LogP contribution >= 0.6 is 11.6 Å². The van der Waals surface area contributed by atoms with Crippen LogP contribution < -0.4 is 5.32 Å². The second-order valence-electron chi connectivity index (χ2n) is 5.05. The minimum absolute atomic E-state index is 0.0541. The zero-order valence-corrected chi connectivity index (χ0v) is 11.3. The molecule has 98 valence electrons. The molecular formula is C14H18ClNO2. The molecule has 1 amide bonds. The summed E-state index contributed by atoms with van der Waals surface area (Å²) in [4.78, 5) is 12.0. The van der Waals surface area contributed by atoms with Crippen molar-refractivity contribution in [2.24, 2.45) is 5.41 Å². The molecule has 0 spiro atoms. The summed E-state index contributed by atoms with van der Waals surface area (Å²) in [6.07, 6.45) is 4.69. The maximum absolute atomic E-state index is 12.0. The first-order valence-corrected chi connectivity index (χ1v) is 6.71. The molecule has 0 radical (unpaired) electrons. The summed E-state index contributed by atoms with van der Waals surface area (Å²) < 4.78 is 0. The molecule has 1 saturated carbocycles. The number of amides is 1. The average molecular weight is 268 g/mol. The van der Waals surface area contributed by atoms with Gasteiger partial charge in [-0.1, -0.05) is 24.9 Å². The molecule has 2 N–H and O–H groups in total. The van der Waals surface area contributed by atoms with Crippen molar-refractivity contribution in [1.29, 1.82) is 0 Å². The van der Waals surface area contributed by atoms with Crippen LogP contribution in [0, 0.1) is 5.41 Å². The van der Waals surface area contributed by atoms with Crippen molar-refractivity contribution in [2.45, 2.75) is 32.6 Å². The maximum atomic E-state index is 12.0. The largest absolute Gasteiger partial charge is 0.508 e. The van der Waals surface area contributed by atoms with Crippen LogP contribution in [0.3, 0.4) is 0 Å². The number of nitrogens with one attached hydrogen (secondary N) is 1. The first-order valence-electron chi connectivity index (χ1n) is 6.33. The molecule has 1 aromatic carbocycles. The number of hydrogen-bond donors (Lipinski definition) is 2. The Morgan fingerprint density at radius 3 is 2.78 bits per heavy atom. The van der Waals surface area contributed by atoms with Gasteiger partial charge in [-0.3, -0.25) is 4.79 Å². The van der Waals surface area contributed by atoms with Gasteiger partial charge in [0.1, 0.15) is 5.75 Å². The van der Waals surface area contributed by atoms with Crippen molar-refractivity contribution in [3.63, 3.8) is 0 Å². The predicted octanol–water partition coefficient (Wildman–Crippen LogP) is 3.36. The minimum Gasteiger partial charge on any atom is -0.508 e. The van der Waals surface area contributed by atoms with Crippen molar-refractivity contribution in [3.05, 3.63) is 28.8 Å². The molecule has 1 aromatic rings. The molecule has 1 aliphatic carbocycles. The number of halogens is 1. The molecule has 3 nitrogen and oxygen atoms in total. The van der Waals surface area contributed by atoms with E-state index >= 15 is 0 Å². The molecule has 1 aliphatic rings. The summed E-state index contributed by atoms with van der Waals surface area (Å²) in [6, 6.07) is 4.40. The Morgan fingerprint density at radius 1 is 1.50 bits per heavy atom. The topological polar surface area (TPSA) is 49.3 Å². The van der Waals surface area contributed by atoms with Gasteiger partial charge in [0.15, 0.2) is 0 Å². The third-order valence-corrected chi connectivity index (χ3v) is 4.31. The molecule has 0 bridgehead atoms. The Labute approximate surface area is 112 Å². The van der Waals surface area contributed by atoms with E-state index in [0.29, 0.717) is 17.1 Å². The van der Waals surface area contributed by atoms with E-state index < -0.39 is 0 Å². The Morgan fingerprint density at radius 2 is 2.22 bits per heavy atom. The van der Waals surface area contributed by atoms with Gasteiger partial charge >= 0.3 is 0 Å². The lowest BCUT2D eigenvalue weighted by Crippen LogP contribution is -2.41. The third kappa shape index (κ3) is 2.61. The van der Waals surface area contributed by atoms with Gasteiger partial charge in [-0.25, -0.2) is 0 Å². The third-order valence-electron chi connectivity index (χ3n) is 3.98. The van der Waals surface area contributed by atoms with Gasteiger partial charge in [0.2, 0.25) is 0 Å². The molecule has 1 fully saturated rings. The van der Waals surface area contributed by atoms with Crippen molar-refractivity contribution >= 4 is 17.5 Å². The van der Waals surface area contributed by atoms with Crippen molar-refractivity contribution in [3.8, 4) is 5.75 Å². The van der Waals surface area contributed by atoms with Crippen LogP contribution in [0.5, 0.6) is 5.75 Å². The van der Waals surface area contributed by atoms with Gasteiger partial charge in [0, 0.05) is 6.54 Å². The van der Waals surface area contributed by atoms with Gasteiger partial charge in [-0.15, -0.1) is 0 Å². The molecule has 4 heteroatoms. The summed E-state index contributed by atoms with van der Waals surface area (Å²) in [5.41, 5.74) is 0.612. The number of hydrogen-bond acceptors (Lipinski definition) is 2. The normalized spacial score (nSPS) is 17.0. The lowest BCUT2D eigenvalue weighted by molar-refractivity contribution is 0.0850. The van der Waals surface area contributed by atoms with Gasteiger partial charge in [-0.05, 0) is 42.9 Å². The van der Waals surface area contributed by atoms with Gasteiger partial charge in [-0.2, -0.15) is 0 Å². The first-order chi connectivity index (χ1) is 8.56. The Balaban J connectivity index is 2.01. The Bertz CT molecular complexity index is 450. The number of benzene rings is 1. The number of aromatic hydroxyl groups is 1. The van der Waals surface area contributed by atoms with Gasteiger partial charge in [0.25, 0.3) is 5.91 Å². The highest BCUT2D eigenvalue weighted by molar-refractivity contribution is 6.33. The molecule has 0 heterocycles. The van der Waals surface area contributed by atoms with Gasteiger partial charge < -0.3 is 10.4 Å². The highest BCUT2D eigenvalue weighted by Gasteiger charge is 2.35. The van der Waals surface area contributed by atoms with Crippen molar-refractivity contribution < 1.29 is 9.90 Å². The minimum atomic E-state index is -0.212. The van der Waals surface area contributed by atoms with E-state index in [-0.39, 0.29) is 17.1 Å². The number of carbonyl (C=O) groups excluding carboxylic acids is 1. The van der Waals surface area contributed by atoms with Crippen LogP contribution in [0.4, 0.5) is 0 Å². The van der Waals surface area contributed by atoms with E-state index in [0.717, 1.165) is 6.42 Å². The molecule has 0 atom stereocenters. The zero-order valence-electron chi connectivity index (χ0n) is 10.5. The predicted molar refractivity (Wildman–Crippen MR) is 72.0 cm³/mol. The summed E-state index contributed by atoms with van der Waals surface area (Å²) in [5.74, 6) is -0.158. The molecule has 0 aliphatic heterocycles. The highest BCUT2D eigenvalue weighted by atomic mass is 35.5. The molecule has 0 saturated heterocycles. The Hall–Kier alpha value is -1.22. The van der Waals surface area contributed by atoms with E-state index in [9.17, 15) is 9.90 Å². The summed E-state index contributed by atoms with van der Waals surface area (Å²) >= 11 is 5.95. The van der Waals surface area contributed by atoms with E-state index in [1.165, 1.54) is 37.5 Å². The number of phenols is 1. The van der Waals surface area contributed by atoms with Crippen molar-refractivity contribution in [2.75, 3.05) is 6.54 Å². The van der Waals surface area contributed by atoms with Crippen LogP contribution in [0.25, 0.3) is 0 Å². The summed E-state index contributed by atoms with van der Waals surface area (Å²) in [7, 11) is 0. The maximum Gasteiger partial charge on any atom is 0.252 e. The van der Waals surface area contributed by atoms with E-state index in [1.807, 2.05) is 0 Å². The molecule has 18 heavy (non-hydrogen) atoms. The van der Waals surface area contributed by atoms with E-state index in [2.05, 4.69) is 12.2 Å². The summed E-state index contributed by atoms with van der Waals surface area (Å²) in [6.45, 7) is 2.85. The van der Waals surface area contributed by atoms with Crippen LogP contribution in [0.1, 0.15) is 43.0 Å². The first kappa shape index (κ1) is 13.2. The SMILES string of the molecule is CCC1(CNC(=O)c2cc(O)ccc2Cl)CCC1. The highest BCUT2D eigenvalue weighted by Crippen LogP contribution is 2.43. The zero-order chi connectivity index (χ0) is 13.2. The van der Waals surface area contributed by atoms with Crippen LogP contribution in [0.2, 0.25) is 5.02 Å². The number of rotatable bonds is 4. The lowest BCUT2D eigenvalue weighted by atomic mass is 9.67. The molecule has 0 unspecified atom stereocenters. The fraction of sp³-hybridized carbons (Fsp3) is 0.500. The second-order valence-corrected chi connectivity index (χ2v) is 5.46. The second kappa shape index (κ2) is 5.19. The van der Waals surface area contributed by atoms with Crippen LogP contribution in [0.15, 0.2) is 18.2 Å². The molecule has 0 aromatic heterocycles. The monoisotopic (exact) mass is 267 g/mol. The van der Waals surface area contributed by atoms with Gasteiger partial charge in [0.05, 0.1) is 10.6 Å². The fourth-order valence-corrected chi connectivity index (χ4v) is 2.59. The van der Waals surface area contributed by atoms with E-state index in [1.54, 1.807) is 0 Å². The van der Waals surface area contributed by atoms with Crippen LogP contribution in [-0.4, -0.2) is 17.6 Å². The molecular weight excluding hydrogens is 250 g/mol. The fourth-order valence-electron chi connectivity index (χ4n) is 2.38. The molecule has 2 rings (SSSR count). The van der Waals surface area contributed by atoms with E-state index in [4.69, 9.17) is 11.6 Å². The number of phenolic OH excluding ortho intramolecular Hbond substituents is 1. The average Bonchev–Trinajstić information content (AvgIpc) is 2.31. The standard InChI is InChI=1S/C14H18ClNO2/c1-2-14(6-3-7-14)9-16-13(18)11-8-10(17)4-5-12(11)15/h4-5,8,17H,2-3,6-7,9H2,1H3,(H,16,18). The Kier molecular flexibility index (Phi) is 3.81. The smallest absolute Gasteiger partial charge is 0.252 e. The van der Waals surface area contributed by atoms with Crippen LogP contribution in [-0.2, 0) is 0 Å². The lowest BCUT2D eigenvalue weighted by Gasteiger charge is -2.41. The summed E-state index contributed by atoms with van der Waals surface area (Å²) in [5, 5.41) is 12.7. The number of carbonyl (C=O) groups is 1. The van der Waals surface area contributed by atoms with Crippen molar-refractivity contribution in [1.82, 2.24) is 5.32 Å². The quantitative estimate of drug-likeness (QED) is 0.879.